The summed E-state index contributed by atoms with van der Waals surface area (Å²) in [7, 11) is -3.50. The molecule has 1 aromatic rings. The van der Waals surface area contributed by atoms with Crippen LogP contribution in [-0.2, 0) is 14.8 Å². The highest BCUT2D eigenvalue weighted by atomic mass is 32.2. The smallest absolute Gasteiger partial charge is 0.243 e. The van der Waals surface area contributed by atoms with Crippen LogP contribution in [0.2, 0.25) is 0 Å². The number of hydrogen-bond donors (Lipinski definition) is 0. The van der Waals surface area contributed by atoms with Crippen molar-refractivity contribution < 1.29 is 13.2 Å². The number of aryl methyl sites for hydroxylation is 2. The number of sulfonamides is 1. The number of carbonyl (C=O) groups excluding carboxylic acids is 1. The van der Waals surface area contributed by atoms with Crippen LogP contribution in [0, 0.1) is 19.8 Å². The highest BCUT2D eigenvalue weighted by molar-refractivity contribution is 7.89. The average Bonchev–Trinajstić information content (AvgIpc) is 2.56. The van der Waals surface area contributed by atoms with Gasteiger partial charge < -0.3 is 4.90 Å². The van der Waals surface area contributed by atoms with Crippen molar-refractivity contribution >= 4 is 15.9 Å². The topological polar surface area (TPSA) is 57.7 Å². The van der Waals surface area contributed by atoms with Crippen LogP contribution in [0.15, 0.2) is 23.1 Å². The molecule has 1 aliphatic heterocycles. The second-order valence-corrected chi connectivity index (χ2v) is 8.59. The lowest BCUT2D eigenvalue weighted by Gasteiger charge is -2.35. The molecule has 5 nitrogen and oxygen atoms in total. The molecule has 0 aliphatic carbocycles. The van der Waals surface area contributed by atoms with E-state index >= 15 is 0 Å². The molecule has 1 unspecified atom stereocenters. The monoisotopic (exact) mass is 352 g/mol. The summed E-state index contributed by atoms with van der Waals surface area (Å²) in [5.74, 6) is 0.151. The first kappa shape index (κ1) is 18.9. The van der Waals surface area contributed by atoms with Crippen LogP contribution < -0.4 is 0 Å². The Hall–Kier alpha value is -1.40. The summed E-state index contributed by atoms with van der Waals surface area (Å²) < 4.78 is 27.3. The van der Waals surface area contributed by atoms with Gasteiger partial charge in [0.1, 0.15) is 0 Å². The normalized spacial score (nSPS) is 17.8. The molecule has 1 saturated heterocycles. The Morgan fingerprint density at radius 2 is 1.79 bits per heavy atom. The van der Waals surface area contributed by atoms with Gasteiger partial charge in [0.25, 0.3) is 0 Å². The fourth-order valence-electron chi connectivity index (χ4n) is 3.14. The minimum Gasteiger partial charge on any atom is -0.340 e. The average molecular weight is 353 g/mol. The highest BCUT2D eigenvalue weighted by Gasteiger charge is 2.32. The molecule has 1 heterocycles. The Morgan fingerprint density at radius 3 is 2.38 bits per heavy atom. The zero-order chi connectivity index (χ0) is 17.9. The highest BCUT2D eigenvalue weighted by Crippen LogP contribution is 2.23. The largest absolute Gasteiger partial charge is 0.340 e. The molecule has 2 rings (SSSR count). The van der Waals surface area contributed by atoms with E-state index < -0.39 is 10.0 Å². The van der Waals surface area contributed by atoms with E-state index in [1.807, 2.05) is 32.9 Å². The van der Waals surface area contributed by atoms with Gasteiger partial charge in [0.15, 0.2) is 0 Å². The van der Waals surface area contributed by atoms with Crippen LogP contribution in [0.1, 0.15) is 37.8 Å². The van der Waals surface area contributed by atoms with Crippen molar-refractivity contribution in [1.29, 1.82) is 0 Å². The number of amides is 1. The van der Waals surface area contributed by atoms with Gasteiger partial charge in [-0.25, -0.2) is 8.42 Å². The molecule has 0 N–H and O–H groups in total. The fourth-order valence-corrected chi connectivity index (χ4v) is 4.87. The van der Waals surface area contributed by atoms with Crippen LogP contribution in [-0.4, -0.2) is 49.7 Å². The molecule has 24 heavy (non-hydrogen) atoms. The molecule has 134 valence electrons. The number of hydrogen-bond acceptors (Lipinski definition) is 3. The van der Waals surface area contributed by atoms with Gasteiger partial charge in [0, 0.05) is 32.1 Å². The molecule has 6 heteroatoms. The lowest BCUT2D eigenvalue weighted by atomic mass is 10.0. The van der Waals surface area contributed by atoms with Gasteiger partial charge in [-0.1, -0.05) is 32.4 Å². The summed E-state index contributed by atoms with van der Waals surface area (Å²) in [5, 5.41) is 0. The minimum absolute atomic E-state index is 0.0113. The number of nitrogens with zero attached hydrogens (tertiary/aromatic N) is 2. The van der Waals surface area contributed by atoms with Crippen LogP contribution in [0.4, 0.5) is 0 Å². The van der Waals surface area contributed by atoms with Gasteiger partial charge >= 0.3 is 0 Å². The van der Waals surface area contributed by atoms with Gasteiger partial charge in [-0.15, -0.1) is 0 Å². The van der Waals surface area contributed by atoms with Crippen molar-refractivity contribution in [3.63, 3.8) is 0 Å². The minimum atomic E-state index is -3.50. The summed E-state index contributed by atoms with van der Waals surface area (Å²) in [6.07, 6.45) is 1.85. The SMILES string of the molecule is CCCC(C)C(=O)N1CCN(S(=O)(=O)c2cc(C)ccc2C)CC1. The molecule has 0 saturated carbocycles. The molecule has 0 radical (unpaired) electrons. The van der Waals surface area contributed by atoms with Gasteiger partial charge in [-0.05, 0) is 37.5 Å². The Labute approximate surface area is 145 Å². The van der Waals surface area contributed by atoms with Crippen molar-refractivity contribution in [2.24, 2.45) is 5.92 Å². The Bertz CT molecular complexity index is 692. The lowest BCUT2D eigenvalue weighted by Crippen LogP contribution is -2.51. The van der Waals surface area contributed by atoms with Crippen molar-refractivity contribution in [3.8, 4) is 0 Å². The van der Waals surface area contributed by atoms with Gasteiger partial charge in [-0.3, -0.25) is 4.79 Å². The molecular weight excluding hydrogens is 324 g/mol. The summed E-state index contributed by atoms with van der Waals surface area (Å²) in [5.41, 5.74) is 1.69. The van der Waals surface area contributed by atoms with E-state index in [1.54, 1.807) is 11.0 Å². The third-order valence-corrected chi connectivity index (χ3v) is 6.70. The predicted molar refractivity (Wildman–Crippen MR) is 95.3 cm³/mol. The van der Waals surface area contributed by atoms with Crippen LogP contribution in [0.3, 0.4) is 0 Å². The molecular formula is C18H28N2O3S. The molecule has 1 amide bonds. The zero-order valence-electron chi connectivity index (χ0n) is 15.1. The lowest BCUT2D eigenvalue weighted by molar-refractivity contribution is -0.136. The number of carbonyl (C=O) groups is 1. The maximum Gasteiger partial charge on any atom is 0.243 e. The summed E-state index contributed by atoms with van der Waals surface area (Å²) >= 11 is 0. The van der Waals surface area contributed by atoms with Crippen molar-refractivity contribution in [1.82, 2.24) is 9.21 Å². The van der Waals surface area contributed by atoms with Gasteiger partial charge in [0.2, 0.25) is 15.9 Å². The Kier molecular flexibility index (Phi) is 6.04. The summed E-state index contributed by atoms with van der Waals surface area (Å²) in [4.78, 5) is 14.5. The van der Waals surface area contributed by atoms with Crippen molar-refractivity contribution in [2.75, 3.05) is 26.2 Å². The van der Waals surface area contributed by atoms with E-state index in [2.05, 4.69) is 6.92 Å². The summed E-state index contributed by atoms with van der Waals surface area (Å²) in [6.45, 7) is 9.39. The standard InChI is InChI=1S/C18H28N2O3S/c1-5-6-16(4)18(21)19-9-11-20(12-10-19)24(22,23)17-13-14(2)7-8-15(17)3/h7-8,13,16H,5-6,9-12H2,1-4H3. The third kappa shape index (κ3) is 3.98. The van der Waals surface area contributed by atoms with Crippen LogP contribution >= 0.6 is 0 Å². The molecule has 0 spiro atoms. The van der Waals surface area contributed by atoms with E-state index in [0.717, 1.165) is 24.0 Å². The Balaban J connectivity index is 2.08. The van der Waals surface area contributed by atoms with E-state index in [-0.39, 0.29) is 11.8 Å². The fraction of sp³-hybridized carbons (Fsp3) is 0.611. The predicted octanol–water partition coefficient (Wildman–Crippen LogP) is 2.57. The maximum absolute atomic E-state index is 12.9. The molecule has 0 bridgehead atoms. The third-order valence-electron chi connectivity index (χ3n) is 4.66. The van der Waals surface area contributed by atoms with E-state index in [4.69, 9.17) is 0 Å². The molecule has 1 atom stereocenters. The molecule has 0 aromatic heterocycles. The number of rotatable bonds is 5. The first-order valence-electron chi connectivity index (χ1n) is 8.63. The van der Waals surface area contributed by atoms with Crippen LogP contribution in [0.25, 0.3) is 0 Å². The number of piperazine rings is 1. The summed E-state index contributed by atoms with van der Waals surface area (Å²) in [6, 6.07) is 5.49. The van der Waals surface area contributed by atoms with Gasteiger partial charge in [-0.2, -0.15) is 4.31 Å². The van der Waals surface area contributed by atoms with Crippen LogP contribution in [0.5, 0.6) is 0 Å². The molecule has 1 aromatic carbocycles. The van der Waals surface area contributed by atoms with Gasteiger partial charge in [0.05, 0.1) is 4.90 Å². The molecule has 1 fully saturated rings. The number of benzene rings is 1. The van der Waals surface area contributed by atoms with E-state index in [1.165, 1.54) is 4.31 Å². The van der Waals surface area contributed by atoms with E-state index in [0.29, 0.717) is 31.1 Å². The first-order chi connectivity index (χ1) is 11.3. The Morgan fingerprint density at radius 1 is 1.17 bits per heavy atom. The van der Waals surface area contributed by atoms with Crippen molar-refractivity contribution in [2.45, 2.75) is 45.4 Å². The first-order valence-corrected chi connectivity index (χ1v) is 10.1. The second kappa shape index (κ2) is 7.66. The zero-order valence-corrected chi connectivity index (χ0v) is 15.9. The second-order valence-electron chi connectivity index (χ2n) is 6.69. The van der Waals surface area contributed by atoms with Crippen molar-refractivity contribution in [3.05, 3.63) is 29.3 Å². The molecule has 1 aliphatic rings. The quantitative estimate of drug-likeness (QED) is 0.818. The maximum atomic E-state index is 12.9. The van der Waals surface area contributed by atoms with E-state index in [9.17, 15) is 13.2 Å².